The van der Waals surface area contributed by atoms with Gasteiger partial charge in [-0.1, -0.05) is 12.1 Å². The number of carbonyl (C=O) groups is 2. The second-order valence-electron chi connectivity index (χ2n) is 10.2. The minimum Gasteiger partial charge on any atom is -0.507 e. The number of phenols is 1. The molecule has 0 radical (unpaired) electrons. The molecule has 1 aliphatic heterocycles. The van der Waals surface area contributed by atoms with Gasteiger partial charge in [-0.25, -0.2) is 4.79 Å². The summed E-state index contributed by atoms with van der Waals surface area (Å²) in [6.07, 6.45) is 0. The van der Waals surface area contributed by atoms with E-state index in [1.54, 1.807) is 19.1 Å². The minimum atomic E-state index is -4.37. The molecule has 3 N–H and O–H groups in total. The summed E-state index contributed by atoms with van der Waals surface area (Å²) in [5.41, 5.74) is 5.40. The predicted molar refractivity (Wildman–Crippen MR) is 166 cm³/mol. The molecule has 4 aromatic rings. The Kier molecular flexibility index (Phi) is 8.35. The van der Waals surface area contributed by atoms with Crippen LogP contribution in [0, 0.1) is 13.8 Å². The maximum absolute atomic E-state index is 13.0. The number of azo groups is 2. The molecule has 0 unspecified atom stereocenters. The molecule has 1 heterocycles. The maximum Gasteiger partial charge on any atom is 0.339 e. The first-order chi connectivity index (χ1) is 21.3. The number of carboxylic acids is 1. The second kappa shape index (κ2) is 12.2. The Morgan fingerprint density at radius 2 is 1.42 bits per heavy atom. The average molecular weight is 627 g/mol. The number of carbonyl (C=O) groups excluding carboxylic acids is 1. The second-order valence-corrected chi connectivity index (χ2v) is 11.6. The molecule has 1 aliphatic rings. The minimum absolute atomic E-state index is 0.261. The fourth-order valence-electron chi connectivity index (χ4n) is 4.52. The van der Waals surface area contributed by atoms with E-state index in [2.05, 4.69) is 25.6 Å². The SMILES string of the molecule is CC1=NN(c2ccc(S(=O)(=O)O)cc2)C(=O)[C@@H]1N=Nc1ccc(-c2ccc(N=Nc3ccc(O)c(C(=O)O)c3)c(C)c2)cc1C. The van der Waals surface area contributed by atoms with Gasteiger partial charge >= 0.3 is 5.97 Å². The van der Waals surface area contributed by atoms with E-state index in [0.717, 1.165) is 27.3 Å². The zero-order chi connectivity index (χ0) is 32.5. The number of hydrazone groups is 1. The van der Waals surface area contributed by atoms with Crippen LogP contribution in [0.3, 0.4) is 0 Å². The van der Waals surface area contributed by atoms with Gasteiger partial charge in [-0.15, -0.1) is 0 Å². The molecule has 1 atom stereocenters. The van der Waals surface area contributed by atoms with Crippen molar-refractivity contribution in [1.82, 2.24) is 0 Å². The molecule has 0 fully saturated rings. The molecule has 5 rings (SSSR count). The largest absolute Gasteiger partial charge is 0.507 e. The molecule has 13 nitrogen and oxygen atoms in total. The maximum atomic E-state index is 13.0. The molecule has 0 aromatic heterocycles. The Hall–Kier alpha value is -5.60. The highest BCUT2D eigenvalue weighted by molar-refractivity contribution is 7.85. The van der Waals surface area contributed by atoms with Gasteiger partial charge in [0, 0.05) is 0 Å². The van der Waals surface area contributed by atoms with Crippen molar-refractivity contribution in [3.05, 3.63) is 95.6 Å². The Labute approximate surface area is 257 Å². The normalized spacial score (nSPS) is 15.3. The van der Waals surface area contributed by atoms with E-state index in [-0.39, 0.29) is 21.9 Å². The van der Waals surface area contributed by atoms with Crippen LogP contribution in [0.5, 0.6) is 5.75 Å². The highest BCUT2D eigenvalue weighted by atomic mass is 32.2. The number of benzene rings is 4. The summed E-state index contributed by atoms with van der Waals surface area (Å²) >= 11 is 0. The molecule has 14 heteroatoms. The average Bonchev–Trinajstić information content (AvgIpc) is 3.28. The van der Waals surface area contributed by atoms with E-state index in [0.29, 0.717) is 22.8 Å². The van der Waals surface area contributed by atoms with Crippen LogP contribution in [0.1, 0.15) is 28.4 Å². The number of hydrogen-bond donors (Lipinski definition) is 3. The fraction of sp³-hybridized carbons (Fsp3) is 0.129. The van der Waals surface area contributed by atoms with E-state index in [1.807, 2.05) is 38.1 Å². The van der Waals surface area contributed by atoms with E-state index in [4.69, 9.17) is 0 Å². The van der Waals surface area contributed by atoms with Gasteiger partial charge in [0.1, 0.15) is 11.3 Å². The number of carboxylic acid groups (broad SMARTS) is 1. The molecule has 0 bridgehead atoms. The Morgan fingerprint density at radius 1 is 0.822 bits per heavy atom. The van der Waals surface area contributed by atoms with Gasteiger partial charge in [0.2, 0.25) is 0 Å². The van der Waals surface area contributed by atoms with Crippen LogP contribution in [0.4, 0.5) is 22.7 Å². The zero-order valence-electron chi connectivity index (χ0n) is 24.1. The smallest absolute Gasteiger partial charge is 0.339 e. The van der Waals surface area contributed by atoms with E-state index < -0.39 is 28.0 Å². The fourth-order valence-corrected chi connectivity index (χ4v) is 5.00. The van der Waals surface area contributed by atoms with E-state index in [9.17, 15) is 32.8 Å². The van der Waals surface area contributed by atoms with Gasteiger partial charge in [-0.3, -0.25) is 9.35 Å². The quantitative estimate of drug-likeness (QED) is 0.139. The topological polar surface area (TPSA) is 194 Å². The number of anilines is 1. The van der Waals surface area contributed by atoms with Gasteiger partial charge in [0.25, 0.3) is 16.0 Å². The van der Waals surface area contributed by atoms with Crippen molar-refractivity contribution in [3.8, 4) is 16.9 Å². The third-order valence-electron chi connectivity index (χ3n) is 6.97. The predicted octanol–water partition coefficient (Wildman–Crippen LogP) is 6.91. The van der Waals surface area contributed by atoms with Crippen LogP contribution in [0.2, 0.25) is 0 Å². The van der Waals surface area contributed by atoms with Gasteiger partial charge < -0.3 is 10.2 Å². The molecule has 1 amide bonds. The number of nitrogens with zero attached hydrogens (tertiary/aromatic N) is 6. The lowest BCUT2D eigenvalue weighted by atomic mass is 10.0. The summed E-state index contributed by atoms with van der Waals surface area (Å²) in [6, 6.07) is 19.3. The summed E-state index contributed by atoms with van der Waals surface area (Å²) in [5, 5.41) is 41.1. The number of amides is 1. The van der Waals surface area contributed by atoms with E-state index in [1.165, 1.54) is 42.5 Å². The third-order valence-corrected chi connectivity index (χ3v) is 7.83. The van der Waals surface area contributed by atoms with Crippen LogP contribution in [0.15, 0.2) is 109 Å². The van der Waals surface area contributed by atoms with Crippen LogP contribution >= 0.6 is 0 Å². The summed E-state index contributed by atoms with van der Waals surface area (Å²) in [6.45, 7) is 5.39. The summed E-state index contributed by atoms with van der Waals surface area (Å²) in [5.74, 6) is -2.07. The summed E-state index contributed by atoms with van der Waals surface area (Å²) in [4.78, 5) is 24.0. The van der Waals surface area contributed by atoms with Crippen molar-refractivity contribution >= 4 is 50.5 Å². The standard InChI is InChI=1S/C31H26N6O7S/c1-17-14-20(4-11-26(17)33-32-22-6-13-28(38)25(16-22)31(40)41)21-5-12-27(18(2)15-21)34-35-29-19(3)36-37(30(29)39)23-7-9-24(10-8-23)45(42,43)44/h4-16,29,38H,1-3H3,(H,40,41)(H,42,43,44)/t29-/m1/s1. The molecular weight excluding hydrogens is 600 g/mol. The summed E-state index contributed by atoms with van der Waals surface area (Å²) in [7, 11) is -4.37. The van der Waals surface area contributed by atoms with Gasteiger partial charge in [-0.2, -0.15) is 39.0 Å². The van der Waals surface area contributed by atoms with Crippen molar-refractivity contribution in [2.45, 2.75) is 31.7 Å². The molecular formula is C31H26N6O7S. The monoisotopic (exact) mass is 626 g/mol. The molecule has 45 heavy (non-hydrogen) atoms. The lowest BCUT2D eigenvalue weighted by molar-refractivity contribution is -0.117. The van der Waals surface area contributed by atoms with E-state index >= 15 is 0 Å². The number of aromatic carboxylic acids is 1. The van der Waals surface area contributed by atoms with Crippen molar-refractivity contribution in [2.24, 2.45) is 25.6 Å². The van der Waals surface area contributed by atoms with Gasteiger partial charge in [-0.05, 0) is 110 Å². The molecule has 0 aliphatic carbocycles. The highest BCUT2D eigenvalue weighted by Crippen LogP contribution is 2.32. The number of aryl methyl sites for hydroxylation is 2. The Bertz CT molecular complexity index is 2040. The van der Waals surface area contributed by atoms with Crippen LogP contribution in [-0.4, -0.2) is 46.8 Å². The van der Waals surface area contributed by atoms with Crippen molar-refractivity contribution in [3.63, 3.8) is 0 Å². The molecule has 4 aromatic carbocycles. The first-order valence-electron chi connectivity index (χ1n) is 13.4. The number of hydrogen-bond acceptors (Lipinski definition) is 10. The molecule has 0 spiro atoms. The first kappa shape index (κ1) is 30.8. The lowest BCUT2D eigenvalue weighted by Crippen LogP contribution is -2.29. The number of aromatic hydroxyl groups is 1. The lowest BCUT2D eigenvalue weighted by Gasteiger charge is -2.12. The highest BCUT2D eigenvalue weighted by Gasteiger charge is 2.35. The van der Waals surface area contributed by atoms with Crippen molar-refractivity contribution in [1.29, 1.82) is 0 Å². The summed E-state index contributed by atoms with van der Waals surface area (Å²) < 4.78 is 31.8. The van der Waals surface area contributed by atoms with Crippen LogP contribution in [0.25, 0.3) is 11.1 Å². The zero-order valence-corrected chi connectivity index (χ0v) is 25.0. The van der Waals surface area contributed by atoms with Gasteiger partial charge in [0.15, 0.2) is 6.04 Å². The first-order valence-corrected chi connectivity index (χ1v) is 14.8. The van der Waals surface area contributed by atoms with Gasteiger partial charge in [0.05, 0.1) is 33.4 Å². The van der Waals surface area contributed by atoms with Crippen molar-refractivity contribution in [2.75, 3.05) is 5.01 Å². The Balaban J connectivity index is 1.29. The van der Waals surface area contributed by atoms with Crippen LogP contribution < -0.4 is 5.01 Å². The van der Waals surface area contributed by atoms with Crippen LogP contribution in [-0.2, 0) is 14.9 Å². The molecule has 0 saturated carbocycles. The third kappa shape index (κ3) is 6.66. The van der Waals surface area contributed by atoms with Crippen molar-refractivity contribution < 1.29 is 32.8 Å². The molecule has 0 saturated heterocycles. The molecule has 228 valence electrons. The number of rotatable bonds is 8. The Morgan fingerprint density at radius 3 is 1.98 bits per heavy atom.